The number of halogens is 2. The highest BCUT2D eigenvalue weighted by Gasteiger charge is 2.32. The quantitative estimate of drug-likeness (QED) is 0.592. The summed E-state index contributed by atoms with van der Waals surface area (Å²) in [5, 5.41) is 7.95. The molecule has 1 aliphatic rings. The summed E-state index contributed by atoms with van der Waals surface area (Å²) < 4.78 is 32.4. The van der Waals surface area contributed by atoms with Crippen molar-refractivity contribution >= 4 is 16.6 Å². The molecular formula is C20H18F2N6. The summed E-state index contributed by atoms with van der Waals surface area (Å²) in [6.45, 7) is 2.82. The molecule has 0 radical (unpaired) electrons. The minimum absolute atomic E-state index is 0.00912. The third-order valence-electron chi connectivity index (χ3n) is 5.21. The molecule has 1 N–H and O–H groups in total. The second kappa shape index (κ2) is 6.88. The second-order valence-corrected chi connectivity index (χ2v) is 6.82. The predicted molar refractivity (Wildman–Crippen MR) is 101 cm³/mol. The fourth-order valence-corrected chi connectivity index (χ4v) is 3.91. The zero-order chi connectivity index (χ0) is 19.1. The van der Waals surface area contributed by atoms with Crippen molar-refractivity contribution in [3.63, 3.8) is 0 Å². The Morgan fingerprint density at radius 2 is 1.86 bits per heavy atom. The molecule has 1 unspecified atom stereocenters. The van der Waals surface area contributed by atoms with Gasteiger partial charge in [-0.1, -0.05) is 0 Å². The highest BCUT2D eigenvalue weighted by atomic mass is 19.1. The van der Waals surface area contributed by atoms with Crippen molar-refractivity contribution in [3.05, 3.63) is 71.8 Å². The highest BCUT2D eigenvalue weighted by Crippen LogP contribution is 2.35. The molecule has 0 bridgehead atoms. The van der Waals surface area contributed by atoms with Gasteiger partial charge in [0.05, 0.1) is 23.4 Å². The standard InChI is InChI=1S/C20H18F2N6/c21-14-11-15-13(3-1-5-24-15)19(22)18(14)20(27-9-7-23-8-10-27)16-12-25-17-4-2-6-26-28(16)17/h1-6,11-12,20,23H,7-10H2. The molecule has 1 aromatic carbocycles. The van der Waals surface area contributed by atoms with Crippen molar-refractivity contribution < 1.29 is 8.78 Å². The minimum atomic E-state index is -0.642. The average Bonchev–Trinajstić information content (AvgIpc) is 3.15. The molecule has 1 atom stereocenters. The molecule has 5 rings (SSSR count). The molecule has 0 spiro atoms. The highest BCUT2D eigenvalue weighted by molar-refractivity contribution is 5.80. The lowest BCUT2D eigenvalue weighted by Crippen LogP contribution is -2.46. The number of fused-ring (bicyclic) bond motifs is 2. The Kier molecular flexibility index (Phi) is 4.22. The molecule has 0 amide bonds. The molecule has 1 aliphatic heterocycles. The van der Waals surface area contributed by atoms with E-state index in [0.29, 0.717) is 35.3 Å². The van der Waals surface area contributed by atoms with Crippen LogP contribution in [0.5, 0.6) is 0 Å². The van der Waals surface area contributed by atoms with Crippen LogP contribution in [0.4, 0.5) is 8.78 Å². The first kappa shape index (κ1) is 17.2. The number of rotatable bonds is 3. The zero-order valence-electron chi connectivity index (χ0n) is 15.0. The van der Waals surface area contributed by atoms with Gasteiger partial charge in [-0.05, 0) is 24.3 Å². The van der Waals surface area contributed by atoms with Crippen molar-refractivity contribution in [3.8, 4) is 0 Å². The molecule has 1 fully saturated rings. The lowest BCUT2D eigenvalue weighted by atomic mass is 9.97. The van der Waals surface area contributed by atoms with Crippen LogP contribution in [0.2, 0.25) is 0 Å². The second-order valence-electron chi connectivity index (χ2n) is 6.82. The molecule has 28 heavy (non-hydrogen) atoms. The first-order valence-corrected chi connectivity index (χ1v) is 9.20. The molecule has 3 aromatic heterocycles. The smallest absolute Gasteiger partial charge is 0.153 e. The van der Waals surface area contributed by atoms with Crippen LogP contribution < -0.4 is 5.32 Å². The Labute approximate surface area is 159 Å². The lowest BCUT2D eigenvalue weighted by molar-refractivity contribution is 0.188. The normalized spacial score (nSPS) is 16.6. The van der Waals surface area contributed by atoms with Crippen molar-refractivity contribution in [2.24, 2.45) is 0 Å². The van der Waals surface area contributed by atoms with Gasteiger partial charge in [0.25, 0.3) is 0 Å². The minimum Gasteiger partial charge on any atom is -0.314 e. The van der Waals surface area contributed by atoms with Gasteiger partial charge in [-0.15, -0.1) is 0 Å². The largest absolute Gasteiger partial charge is 0.314 e. The van der Waals surface area contributed by atoms with Gasteiger partial charge < -0.3 is 5.32 Å². The van der Waals surface area contributed by atoms with E-state index in [0.717, 1.165) is 13.1 Å². The van der Waals surface area contributed by atoms with Crippen LogP contribution in [0.3, 0.4) is 0 Å². The lowest BCUT2D eigenvalue weighted by Gasteiger charge is -2.35. The van der Waals surface area contributed by atoms with Gasteiger partial charge in [-0.3, -0.25) is 9.88 Å². The van der Waals surface area contributed by atoms with Gasteiger partial charge >= 0.3 is 0 Å². The molecule has 4 heterocycles. The van der Waals surface area contributed by atoms with E-state index < -0.39 is 17.7 Å². The van der Waals surface area contributed by atoms with Crippen molar-refractivity contribution in [1.29, 1.82) is 0 Å². The predicted octanol–water partition coefficient (Wildman–Crippen LogP) is 2.55. The maximum Gasteiger partial charge on any atom is 0.153 e. The van der Waals surface area contributed by atoms with Crippen LogP contribution in [-0.4, -0.2) is 50.7 Å². The topological polar surface area (TPSA) is 58.4 Å². The first-order chi connectivity index (χ1) is 13.7. The van der Waals surface area contributed by atoms with Gasteiger partial charge in [0.15, 0.2) is 5.65 Å². The van der Waals surface area contributed by atoms with Crippen LogP contribution in [0.25, 0.3) is 16.6 Å². The fraction of sp³-hybridized carbons (Fsp3) is 0.250. The Bertz CT molecular complexity index is 1150. The van der Waals surface area contributed by atoms with Crippen molar-refractivity contribution in [2.75, 3.05) is 26.2 Å². The summed E-state index contributed by atoms with van der Waals surface area (Å²) in [7, 11) is 0. The van der Waals surface area contributed by atoms with Crippen LogP contribution in [0.15, 0.2) is 48.9 Å². The van der Waals surface area contributed by atoms with Crippen LogP contribution in [0.1, 0.15) is 17.3 Å². The number of aromatic nitrogens is 4. The van der Waals surface area contributed by atoms with E-state index in [9.17, 15) is 0 Å². The summed E-state index contributed by atoms with van der Waals surface area (Å²) in [5.41, 5.74) is 1.59. The van der Waals surface area contributed by atoms with Crippen LogP contribution in [-0.2, 0) is 0 Å². The van der Waals surface area contributed by atoms with E-state index >= 15 is 8.78 Å². The number of benzene rings is 1. The Balaban J connectivity index is 1.76. The summed E-state index contributed by atoms with van der Waals surface area (Å²) in [4.78, 5) is 10.5. The van der Waals surface area contributed by atoms with Gasteiger partial charge in [-0.2, -0.15) is 5.10 Å². The molecule has 142 valence electrons. The van der Waals surface area contributed by atoms with E-state index in [2.05, 4.69) is 25.3 Å². The fourth-order valence-electron chi connectivity index (χ4n) is 3.91. The number of nitrogens with one attached hydrogen (secondary N) is 1. The van der Waals surface area contributed by atoms with E-state index in [1.807, 2.05) is 6.07 Å². The molecule has 0 saturated carbocycles. The number of hydrogen-bond acceptors (Lipinski definition) is 5. The summed E-state index contributed by atoms with van der Waals surface area (Å²) in [6, 6.07) is 7.55. The van der Waals surface area contributed by atoms with Gasteiger partial charge in [0.1, 0.15) is 11.6 Å². The Morgan fingerprint density at radius 1 is 1.04 bits per heavy atom. The molecule has 0 aliphatic carbocycles. The molecule has 1 saturated heterocycles. The molecule has 4 aromatic rings. The SMILES string of the molecule is Fc1cc2ncccc2c(F)c1C(c1cnc2cccnn12)N1CCNCC1. The maximum absolute atomic E-state index is 15.6. The van der Waals surface area contributed by atoms with E-state index in [4.69, 9.17) is 0 Å². The number of hydrogen-bond donors (Lipinski definition) is 1. The van der Waals surface area contributed by atoms with Crippen molar-refractivity contribution in [1.82, 2.24) is 29.8 Å². The van der Waals surface area contributed by atoms with Gasteiger partial charge in [0, 0.05) is 55.6 Å². The summed E-state index contributed by atoms with van der Waals surface area (Å²) in [5.74, 6) is -1.20. The van der Waals surface area contributed by atoms with E-state index in [1.165, 1.54) is 12.3 Å². The number of piperazine rings is 1. The van der Waals surface area contributed by atoms with E-state index in [1.54, 1.807) is 35.1 Å². The van der Waals surface area contributed by atoms with Gasteiger partial charge in [0.2, 0.25) is 0 Å². The van der Waals surface area contributed by atoms with Crippen LogP contribution >= 0.6 is 0 Å². The zero-order valence-corrected chi connectivity index (χ0v) is 15.0. The van der Waals surface area contributed by atoms with Crippen molar-refractivity contribution in [2.45, 2.75) is 6.04 Å². The molecule has 6 nitrogen and oxygen atoms in total. The average molecular weight is 380 g/mol. The molecule has 8 heteroatoms. The van der Waals surface area contributed by atoms with Crippen LogP contribution in [0, 0.1) is 11.6 Å². The molecular weight excluding hydrogens is 362 g/mol. The monoisotopic (exact) mass is 380 g/mol. The number of pyridine rings is 1. The summed E-state index contributed by atoms with van der Waals surface area (Å²) in [6.07, 6.45) is 4.83. The third kappa shape index (κ3) is 2.73. The number of imidazole rings is 1. The maximum atomic E-state index is 15.6. The van der Waals surface area contributed by atoms with E-state index in [-0.39, 0.29) is 5.56 Å². The van der Waals surface area contributed by atoms with Gasteiger partial charge in [-0.25, -0.2) is 18.3 Å². The third-order valence-corrected chi connectivity index (χ3v) is 5.21. The first-order valence-electron chi connectivity index (χ1n) is 9.20. The number of nitrogens with zero attached hydrogens (tertiary/aromatic N) is 5. The Hall–Kier alpha value is -2.97. The summed E-state index contributed by atoms with van der Waals surface area (Å²) >= 11 is 0. The Morgan fingerprint density at radius 3 is 2.71 bits per heavy atom.